The molecule has 0 aromatic carbocycles. The van der Waals surface area contributed by atoms with Crippen molar-refractivity contribution in [2.75, 3.05) is 26.8 Å². The zero-order chi connectivity index (χ0) is 24.4. The van der Waals surface area contributed by atoms with Crippen LogP contribution in [0.4, 0.5) is 0 Å². The third-order valence-electron chi connectivity index (χ3n) is 5.32. The maximum Gasteiger partial charge on any atom is 0.472 e. The topological polar surface area (TPSA) is 175 Å². The number of carbonyl (C=O) groups is 1. The minimum Gasteiger partial charge on any atom is -0.353 e. The minimum absolute atomic E-state index is 0.0969. The maximum atomic E-state index is 12.3. The molecule has 1 aliphatic rings. The minimum atomic E-state index is -4.15. The number of nitrogens with zero attached hydrogens (tertiary/aromatic N) is 1. The number of hydrogen-bond donors (Lipinski definition) is 4. The van der Waals surface area contributed by atoms with E-state index in [1.54, 1.807) is 0 Å². The summed E-state index contributed by atoms with van der Waals surface area (Å²) in [5.74, 6) is -0.444. The Morgan fingerprint density at radius 1 is 1.39 bits per heavy atom. The second-order valence-corrected chi connectivity index (χ2v) is 9.43. The predicted molar refractivity (Wildman–Crippen MR) is 121 cm³/mol. The first kappa shape index (κ1) is 27.2. The highest BCUT2D eigenvalue weighted by atomic mass is 31.2. The Kier molecular flexibility index (Phi) is 10.7. The molecule has 4 atom stereocenters. The lowest BCUT2D eigenvalue weighted by Crippen LogP contribution is -2.33. The van der Waals surface area contributed by atoms with Crippen LogP contribution >= 0.6 is 7.82 Å². The van der Waals surface area contributed by atoms with Crippen molar-refractivity contribution in [2.45, 2.75) is 51.4 Å². The number of ether oxygens (including phenoxy) is 1. The monoisotopic (exact) mass is 488 g/mol. The van der Waals surface area contributed by atoms with Crippen LogP contribution in [-0.2, 0) is 23.1 Å². The molecule has 5 N–H and O–H groups in total. The number of aromatic nitrogens is 2. The number of amides is 1. The fourth-order valence-corrected chi connectivity index (χ4v) is 3.80. The number of nitrogens with two attached hydrogens (primary N) is 1. The predicted octanol–water partition coefficient (Wildman–Crippen LogP) is 0.872. The molecule has 13 heteroatoms. The maximum absolute atomic E-state index is 12.3. The summed E-state index contributed by atoms with van der Waals surface area (Å²) in [5.41, 5.74) is 4.26. The molecule has 186 valence electrons. The number of nitrogens with one attached hydrogen (secondary N) is 2. The van der Waals surface area contributed by atoms with E-state index < -0.39 is 31.4 Å². The van der Waals surface area contributed by atoms with Gasteiger partial charge in [0.1, 0.15) is 6.23 Å². The summed E-state index contributed by atoms with van der Waals surface area (Å²) in [6.07, 6.45) is 6.81. The van der Waals surface area contributed by atoms with Gasteiger partial charge in [-0.15, -0.1) is 0 Å². The Bertz CT molecular complexity index is 976. The van der Waals surface area contributed by atoms with Crippen molar-refractivity contribution in [3.8, 4) is 0 Å². The molecule has 0 saturated carbocycles. The van der Waals surface area contributed by atoms with Gasteiger partial charge in [0.2, 0.25) is 5.91 Å². The Labute approximate surface area is 191 Å². The highest BCUT2D eigenvalue weighted by molar-refractivity contribution is 7.47. The van der Waals surface area contributed by atoms with Crippen LogP contribution in [0.2, 0.25) is 0 Å². The van der Waals surface area contributed by atoms with E-state index in [1.165, 1.54) is 22.9 Å². The molecule has 1 aliphatic heterocycles. The van der Waals surface area contributed by atoms with Gasteiger partial charge in [-0.2, -0.15) is 0 Å². The van der Waals surface area contributed by atoms with Gasteiger partial charge in [-0.3, -0.25) is 28.2 Å². The Morgan fingerprint density at radius 2 is 2.12 bits per heavy atom. The van der Waals surface area contributed by atoms with Crippen molar-refractivity contribution in [2.24, 2.45) is 11.7 Å². The summed E-state index contributed by atoms with van der Waals surface area (Å²) in [7, 11) is -3.09. The van der Waals surface area contributed by atoms with Crippen LogP contribution in [0.1, 0.15) is 50.8 Å². The molecular formula is C20H33N4O8P. The molecule has 33 heavy (non-hydrogen) atoms. The van der Waals surface area contributed by atoms with Gasteiger partial charge >= 0.3 is 13.5 Å². The molecule has 0 bridgehead atoms. The lowest BCUT2D eigenvalue weighted by atomic mass is 10.0. The molecule has 12 nitrogen and oxygen atoms in total. The van der Waals surface area contributed by atoms with Crippen molar-refractivity contribution >= 4 is 19.8 Å². The van der Waals surface area contributed by atoms with E-state index in [-0.39, 0.29) is 24.0 Å². The molecule has 4 unspecified atom stereocenters. The molecule has 2 heterocycles. The molecule has 1 aromatic rings. The molecule has 1 saturated heterocycles. The fourth-order valence-electron chi connectivity index (χ4n) is 3.36. The lowest BCUT2D eigenvalue weighted by Gasteiger charge is -2.18. The van der Waals surface area contributed by atoms with Gasteiger partial charge in [0.05, 0.1) is 18.3 Å². The lowest BCUT2D eigenvalue weighted by molar-refractivity contribution is -0.116. The van der Waals surface area contributed by atoms with Crippen LogP contribution in [0.25, 0.3) is 6.08 Å². The number of aromatic amines is 1. The summed E-state index contributed by atoms with van der Waals surface area (Å²) in [5, 5.41) is 2.74. The van der Waals surface area contributed by atoms with Gasteiger partial charge in [-0.05, 0) is 37.8 Å². The van der Waals surface area contributed by atoms with E-state index >= 15 is 0 Å². The zero-order valence-electron chi connectivity index (χ0n) is 18.9. The van der Waals surface area contributed by atoms with Crippen molar-refractivity contribution in [3.63, 3.8) is 0 Å². The van der Waals surface area contributed by atoms with Gasteiger partial charge < -0.3 is 20.7 Å². The van der Waals surface area contributed by atoms with Crippen LogP contribution in [-0.4, -0.2) is 53.3 Å². The van der Waals surface area contributed by atoms with Crippen LogP contribution in [0.5, 0.6) is 0 Å². The van der Waals surface area contributed by atoms with E-state index in [4.69, 9.17) is 15.0 Å². The molecule has 0 spiro atoms. The van der Waals surface area contributed by atoms with Gasteiger partial charge in [-0.1, -0.05) is 19.8 Å². The summed E-state index contributed by atoms with van der Waals surface area (Å²) >= 11 is 0. The van der Waals surface area contributed by atoms with Crippen molar-refractivity contribution in [1.82, 2.24) is 14.9 Å². The molecule has 0 aliphatic carbocycles. The van der Waals surface area contributed by atoms with Gasteiger partial charge in [-0.25, -0.2) is 9.36 Å². The van der Waals surface area contributed by atoms with Gasteiger partial charge in [0.25, 0.3) is 5.56 Å². The van der Waals surface area contributed by atoms with Crippen LogP contribution in [0, 0.1) is 5.92 Å². The second kappa shape index (κ2) is 13.0. The average Bonchev–Trinajstić information content (AvgIpc) is 3.14. The molecule has 1 aromatic heterocycles. The molecule has 0 radical (unpaired) electrons. The largest absolute Gasteiger partial charge is 0.472 e. The third kappa shape index (κ3) is 8.65. The Morgan fingerprint density at radius 3 is 2.82 bits per heavy atom. The van der Waals surface area contributed by atoms with E-state index in [0.717, 1.165) is 32.8 Å². The first-order valence-corrected chi connectivity index (χ1v) is 12.4. The molecule has 1 amide bonds. The van der Waals surface area contributed by atoms with Crippen LogP contribution in [0.3, 0.4) is 0 Å². The van der Waals surface area contributed by atoms with Crippen LogP contribution in [0.15, 0.2) is 21.9 Å². The smallest absolute Gasteiger partial charge is 0.353 e. The summed E-state index contributed by atoms with van der Waals surface area (Å²) in [6, 6.07) is 0. The highest BCUT2D eigenvalue weighted by Crippen LogP contribution is 2.43. The molecule has 2 rings (SSSR count). The summed E-state index contributed by atoms with van der Waals surface area (Å²) in [4.78, 5) is 48.1. The van der Waals surface area contributed by atoms with Crippen molar-refractivity contribution < 1.29 is 28.0 Å². The number of rotatable bonds is 13. The Balaban J connectivity index is 2.00. The number of phosphoric acid groups is 1. The quantitative estimate of drug-likeness (QED) is 0.178. The van der Waals surface area contributed by atoms with E-state index in [1.807, 2.05) is 6.92 Å². The number of H-pyrrole nitrogens is 1. The normalized spacial score (nSPS) is 22.5. The summed E-state index contributed by atoms with van der Waals surface area (Å²) < 4.78 is 27.8. The van der Waals surface area contributed by atoms with Crippen molar-refractivity contribution in [3.05, 3.63) is 38.7 Å². The number of carbonyl (C=O) groups excluding carboxylic acids is 1. The van der Waals surface area contributed by atoms with E-state index in [2.05, 4.69) is 14.8 Å². The number of hydrogen-bond acceptors (Lipinski definition) is 8. The Hall–Kier alpha value is -2.08. The van der Waals surface area contributed by atoms with E-state index in [9.17, 15) is 23.8 Å². The average molecular weight is 488 g/mol. The van der Waals surface area contributed by atoms with E-state index in [0.29, 0.717) is 19.5 Å². The van der Waals surface area contributed by atoms with Gasteiger partial charge in [0.15, 0.2) is 0 Å². The second-order valence-electron chi connectivity index (χ2n) is 7.87. The number of unbranched alkanes of at least 4 members (excludes halogenated alkanes) is 3. The highest BCUT2D eigenvalue weighted by Gasteiger charge is 2.36. The number of phosphoric ester groups is 1. The third-order valence-corrected chi connectivity index (χ3v) is 6.26. The van der Waals surface area contributed by atoms with Gasteiger partial charge in [0, 0.05) is 25.9 Å². The first-order valence-electron chi connectivity index (χ1n) is 10.9. The molecular weight excluding hydrogens is 455 g/mol. The first-order chi connectivity index (χ1) is 15.7. The van der Waals surface area contributed by atoms with Crippen LogP contribution < -0.4 is 22.3 Å². The zero-order valence-corrected chi connectivity index (χ0v) is 19.8. The summed E-state index contributed by atoms with van der Waals surface area (Å²) in [6.45, 7) is 2.83. The van der Waals surface area contributed by atoms with Crippen molar-refractivity contribution in [1.29, 1.82) is 0 Å². The molecule has 1 fully saturated rings. The standard InChI is InChI=1S/C20H33N4O8P/c1-14-11-18(32-16(14)13-31-33(28,29)30-2)24-12-15(19(26)23-20(24)27)7-8-17(25)22-10-6-4-3-5-9-21/h7-8,12,14,16,18H,3-6,9-11,13,21H2,1-2H3,(H,22,25)(H,28,29)(H,23,26,27)/b8-7+. The fraction of sp³-hybridized carbons (Fsp3) is 0.650. The SMILES string of the molecule is COP(=O)(O)OCC1OC(n2cc(/C=C/C(=O)NCCCCCCN)c(=O)[nH]c2=O)CC1C.